The maximum Gasteiger partial charge on any atom is 0.129 e. The van der Waals surface area contributed by atoms with E-state index in [0.717, 1.165) is 18.2 Å². The Morgan fingerprint density at radius 1 is 1.27 bits per heavy atom. The van der Waals surface area contributed by atoms with E-state index in [2.05, 4.69) is 11.2 Å². The molecule has 0 aromatic heterocycles. The Morgan fingerprint density at radius 2 is 1.93 bits per heavy atom. The maximum absolute atomic E-state index is 12.7. The molecule has 1 aromatic rings. The van der Waals surface area contributed by atoms with Crippen LogP contribution in [0.3, 0.4) is 0 Å². The van der Waals surface area contributed by atoms with Gasteiger partial charge in [-0.25, -0.2) is 8.78 Å². The molecule has 0 heterocycles. The van der Waals surface area contributed by atoms with Crippen molar-refractivity contribution in [1.82, 2.24) is 5.32 Å². The normalized spacial score (nSPS) is 9.67. The minimum Gasteiger partial charge on any atom is -0.492 e. The van der Waals surface area contributed by atoms with Crippen molar-refractivity contribution in [3.8, 4) is 18.1 Å². The predicted octanol–water partition coefficient (Wildman–Crippen LogP) is 1.57. The van der Waals surface area contributed by atoms with Crippen LogP contribution in [-0.4, -0.2) is 19.7 Å². The topological polar surface area (TPSA) is 21.3 Å². The third-order valence-corrected chi connectivity index (χ3v) is 1.61. The lowest BCUT2D eigenvalue weighted by molar-refractivity contribution is 0.313. The van der Waals surface area contributed by atoms with E-state index in [9.17, 15) is 8.78 Å². The summed E-state index contributed by atoms with van der Waals surface area (Å²) >= 11 is 0. The van der Waals surface area contributed by atoms with Crippen LogP contribution in [0.4, 0.5) is 8.78 Å². The molecule has 0 radical (unpaired) electrons. The van der Waals surface area contributed by atoms with Crippen molar-refractivity contribution < 1.29 is 13.5 Å². The Kier molecular flexibility index (Phi) is 4.58. The van der Waals surface area contributed by atoms with Crippen LogP contribution in [0.2, 0.25) is 0 Å². The fourth-order valence-electron chi connectivity index (χ4n) is 1.01. The van der Waals surface area contributed by atoms with E-state index in [4.69, 9.17) is 11.2 Å². The zero-order chi connectivity index (χ0) is 11.1. The molecule has 0 aliphatic heterocycles. The average Bonchev–Trinajstić information content (AvgIpc) is 2.16. The van der Waals surface area contributed by atoms with Gasteiger partial charge in [-0.05, 0) is 0 Å². The number of hydrogen-bond acceptors (Lipinski definition) is 2. The van der Waals surface area contributed by atoms with Crippen LogP contribution in [0.1, 0.15) is 0 Å². The molecular weight excluding hydrogens is 200 g/mol. The number of ether oxygens (including phenoxy) is 1. The van der Waals surface area contributed by atoms with Gasteiger partial charge < -0.3 is 10.1 Å². The van der Waals surface area contributed by atoms with Crippen molar-refractivity contribution in [2.24, 2.45) is 0 Å². The highest BCUT2D eigenvalue weighted by atomic mass is 19.1. The largest absolute Gasteiger partial charge is 0.492 e. The summed E-state index contributed by atoms with van der Waals surface area (Å²) in [6.45, 7) is 1.29. The molecule has 1 N–H and O–H groups in total. The van der Waals surface area contributed by atoms with Gasteiger partial charge in [0.2, 0.25) is 0 Å². The molecule has 0 saturated heterocycles. The van der Waals surface area contributed by atoms with Crippen LogP contribution in [0.15, 0.2) is 18.2 Å². The van der Waals surface area contributed by atoms with E-state index in [1.54, 1.807) is 0 Å². The molecular formula is C11H11F2NO. The lowest BCUT2D eigenvalue weighted by Crippen LogP contribution is -2.21. The van der Waals surface area contributed by atoms with Crippen LogP contribution >= 0.6 is 0 Å². The quantitative estimate of drug-likeness (QED) is 0.589. The number of hydrogen-bond donors (Lipinski definition) is 1. The molecule has 0 spiro atoms. The van der Waals surface area contributed by atoms with E-state index in [0.29, 0.717) is 19.7 Å². The van der Waals surface area contributed by atoms with Crippen LogP contribution in [0, 0.1) is 24.0 Å². The first-order valence-corrected chi connectivity index (χ1v) is 4.45. The minimum atomic E-state index is -0.651. The van der Waals surface area contributed by atoms with Gasteiger partial charge >= 0.3 is 0 Å². The third kappa shape index (κ3) is 4.43. The van der Waals surface area contributed by atoms with Crippen molar-refractivity contribution in [3.05, 3.63) is 29.8 Å². The lowest BCUT2D eigenvalue weighted by Gasteiger charge is -2.06. The van der Waals surface area contributed by atoms with E-state index in [1.165, 1.54) is 0 Å². The molecule has 0 atom stereocenters. The molecule has 4 heteroatoms. The molecule has 15 heavy (non-hydrogen) atoms. The van der Waals surface area contributed by atoms with Gasteiger partial charge in [-0.15, -0.1) is 6.42 Å². The molecule has 0 fully saturated rings. The van der Waals surface area contributed by atoms with Gasteiger partial charge in [0, 0.05) is 24.7 Å². The standard InChI is InChI=1S/C11H11F2NO/c1-2-3-14-4-5-15-11-7-9(12)6-10(13)8-11/h1,6-8,14H,3-5H2. The number of terminal acetylenes is 1. The highest BCUT2D eigenvalue weighted by Gasteiger charge is 2.00. The summed E-state index contributed by atoms with van der Waals surface area (Å²) in [4.78, 5) is 0. The fourth-order valence-corrected chi connectivity index (χ4v) is 1.01. The van der Waals surface area contributed by atoms with Crippen molar-refractivity contribution in [2.75, 3.05) is 19.7 Å². The first kappa shape index (κ1) is 11.5. The number of nitrogens with one attached hydrogen (secondary N) is 1. The van der Waals surface area contributed by atoms with Crippen LogP contribution in [0.5, 0.6) is 5.75 Å². The molecule has 2 nitrogen and oxygen atoms in total. The Balaban J connectivity index is 2.34. The highest BCUT2D eigenvalue weighted by Crippen LogP contribution is 2.14. The van der Waals surface area contributed by atoms with E-state index < -0.39 is 11.6 Å². The number of rotatable bonds is 5. The number of benzene rings is 1. The molecule has 80 valence electrons. The first-order chi connectivity index (χ1) is 7.22. The smallest absolute Gasteiger partial charge is 0.129 e. The fraction of sp³-hybridized carbons (Fsp3) is 0.273. The molecule has 1 rings (SSSR count). The second-order valence-electron chi connectivity index (χ2n) is 2.83. The first-order valence-electron chi connectivity index (χ1n) is 4.45. The lowest BCUT2D eigenvalue weighted by atomic mass is 10.3. The van der Waals surface area contributed by atoms with Gasteiger partial charge in [-0.3, -0.25) is 0 Å². The summed E-state index contributed by atoms with van der Waals surface area (Å²) in [5, 5.41) is 2.89. The summed E-state index contributed by atoms with van der Waals surface area (Å²) in [5.74, 6) is 1.27. The summed E-state index contributed by atoms with van der Waals surface area (Å²) in [6, 6.07) is 3.05. The zero-order valence-electron chi connectivity index (χ0n) is 8.09. The van der Waals surface area contributed by atoms with E-state index in [-0.39, 0.29) is 5.75 Å². The van der Waals surface area contributed by atoms with Gasteiger partial charge in [0.05, 0.1) is 6.54 Å². The van der Waals surface area contributed by atoms with E-state index >= 15 is 0 Å². The molecule has 0 saturated carbocycles. The van der Waals surface area contributed by atoms with Crippen molar-refractivity contribution >= 4 is 0 Å². The molecule has 0 aliphatic carbocycles. The van der Waals surface area contributed by atoms with Crippen LogP contribution in [0.25, 0.3) is 0 Å². The minimum absolute atomic E-state index is 0.176. The Hall–Kier alpha value is -1.60. The van der Waals surface area contributed by atoms with Crippen LogP contribution < -0.4 is 10.1 Å². The third-order valence-electron chi connectivity index (χ3n) is 1.61. The van der Waals surface area contributed by atoms with Gasteiger partial charge in [0.25, 0.3) is 0 Å². The summed E-state index contributed by atoms with van der Waals surface area (Å²) in [5.41, 5.74) is 0. The number of halogens is 2. The predicted molar refractivity (Wildman–Crippen MR) is 53.6 cm³/mol. The van der Waals surface area contributed by atoms with Crippen molar-refractivity contribution in [2.45, 2.75) is 0 Å². The van der Waals surface area contributed by atoms with Gasteiger partial charge in [0.15, 0.2) is 0 Å². The average molecular weight is 211 g/mol. The molecule has 0 unspecified atom stereocenters. The Labute approximate surface area is 87.2 Å². The monoisotopic (exact) mass is 211 g/mol. The van der Waals surface area contributed by atoms with E-state index in [1.807, 2.05) is 0 Å². The highest BCUT2D eigenvalue weighted by molar-refractivity contribution is 5.23. The molecule has 0 bridgehead atoms. The Morgan fingerprint density at radius 3 is 2.53 bits per heavy atom. The molecule has 0 amide bonds. The van der Waals surface area contributed by atoms with Gasteiger partial charge in [-0.2, -0.15) is 0 Å². The second-order valence-corrected chi connectivity index (χ2v) is 2.83. The van der Waals surface area contributed by atoms with Gasteiger partial charge in [0.1, 0.15) is 24.0 Å². The summed E-state index contributed by atoms with van der Waals surface area (Å²) < 4.78 is 30.5. The molecule has 0 aliphatic rings. The summed E-state index contributed by atoms with van der Waals surface area (Å²) in [6.07, 6.45) is 5.01. The SMILES string of the molecule is C#CCNCCOc1cc(F)cc(F)c1. The zero-order valence-corrected chi connectivity index (χ0v) is 8.09. The molecule has 1 aromatic carbocycles. The van der Waals surface area contributed by atoms with Crippen molar-refractivity contribution in [3.63, 3.8) is 0 Å². The summed E-state index contributed by atoms with van der Waals surface area (Å²) in [7, 11) is 0. The van der Waals surface area contributed by atoms with Gasteiger partial charge in [-0.1, -0.05) is 5.92 Å². The van der Waals surface area contributed by atoms with Crippen molar-refractivity contribution in [1.29, 1.82) is 0 Å². The Bertz CT molecular complexity index is 340. The maximum atomic E-state index is 12.7. The van der Waals surface area contributed by atoms with Crippen LogP contribution in [-0.2, 0) is 0 Å². The second kappa shape index (κ2) is 5.99.